The molecule has 0 aromatic heterocycles. The normalized spacial score (nSPS) is 11.9. The second-order valence-electron chi connectivity index (χ2n) is 15.0. The SMILES string of the molecule is COc1ccc(OC)c(C(=O)c2c(Oc3cccc(C(=O)c4c(C(F)(F)F)cccc4C(F)(F)F)c3C(=O)c3c(OC)ccc(OC)c3OC)cccc2C(=O)c2c(C(F)(F)F)cccc2C(F)(F)F)c1OC. The predicted octanol–water partition coefficient (Wildman–Crippen LogP) is 12.5. The lowest BCUT2D eigenvalue weighted by Gasteiger charge is -2.22. The standard InChI is InChI=1S/C50H34F12O11/c1-67-29-19-21-33(69-3)45(71-5)39(29)43(65)35-23(41(63)37-25(47(51,52)53)13-9-14-26(37)48(54,55)56)11-7-17-31(35)73-32-18-8-12-24(36(32)44(66)40-30(68-2)20-22-34(70-4)46(40)72-6)42(64)38-27(49(57,58)59)15-10-16-28(38)50(60,61)62/h7-22H,1-6H3. The van der Waals surface area contributed by atoms with E-state index in [9.17, 15) is 62.3 Å². The summed E-state index contributed by atoms with van der Waals surface area (Å²) in [4.78, 5) is 59.8. The van der Waals surface area contributed by atoms with Gasteiger partial charge < -0.3 is 33.2 Å². The van der Waals surface area contributed by atoms with E-state index in [4.69, 9.17) is 33.2 Å². The van der Waals surface area contributed by atoms with Gasteiger partial charge in [-0.2, -0.15) is 52.7 Å². The Morgan fingerprint density at radius 2 is 0.575 bits per heavy atom. The number of hydrogen-bond donors (Lipinski definition) is 0. The summed E-state index contributed by atoms with van der Waals surface area (Å²) >= 11 is 0. The number of carbonyl (C=O) groups excluding carboxylic acids is 4. The van der Waals surface area contributed by atoms with Crippen molar-refractivity contribution < 1.29 is 105 Å². The minimum Gasteiger partial charge on any atom is -0.496 e. The first-order valence-electron chi connectivity index (χ1n) is 20.5. The number of alkyl halides is 12. The smallest absolute Gasteiger partial charge is 0.417 e. The van der Waals surface area contributed by atoms with Gasteiger partial charge in [0.25, 0.3) is 0 Å². The summed E-state index contributed by atoms with van der Waals surface area (Å²) in [6.07, 6.45) is -22.6. The molecule has 0 aliphatic rings. The predicted molar refractivity (Wildman–Crippen MR) is 232 cm³/mol. The Labute approximate surface area is 404 Å². The van der Waals surface area contributed by atoms with Gasteiger partial charge in [-0.25, -0.2) is 0 Å². The van der Waals surface area contributed by atoms with Crippen molar-refractivity contribution in [2.24, 2.45) is 0 Å². The monoisotopic (exact) mass is 1040 g/mol. The molecule has 6 aromatic carbocycles. The molecule has 23 heteroatoms. The van der Waals surface area contributed by atoms with Crippen molar-refractivity contribution in [2.75, 3.05) is 42.7 Å². The highest BCUT2D eigenvalue weighted by Crippen LogP contribution is 2.48. The highest BCUT2D eigenvalue weighted by molar-refractivity contribution is 6.25. The Morgan fingerprint density at radius 3 is 0.836 bits per heavy atom. The molecule has 0 aliphatic carbocycles. The summed E-state index contributed by atoms with van der Waals surface area (Å²) in [7, 11) is 6.32. The second-order valence-corrected chi connectivity index (χ2v) is 15.0. The Hall–Kier alpha value is -8.24. The van der Waals surface area contributed by atoms with Crippen LogP contribution >= 0.6 is 0 Å². The van der Waals surface area contributed by atoms with E-state index < -0.39 is 149 Å². The van der Waals surface area contributed by atoms with Crippen LogP contribution in [-0.2, 0) is 24.7 Å². The Bertz CT molecular complexity index is 2880. The van der Waals surface area contributed by atoms with Crippen molar-refractivity contribution in [3.8, 4) is 46.0 Å². The third kappa shape index (κ3) is 10.3. The van der Waals surface area contributed by atoms with E-state index in [2.05, 4.69) is 0 Å². The highest BCUT2D eigenvalue weighted by Gasteiger charge is 2.46. The van der Waals surface area contributed by atoms with Crippen molar-refractivity contribution >= 4 is 23.1 Å². The van der Waals surface area contributed by atoms with Gasteiger partial charge in [-0.15, -0.1) is 0 Å². The Balaban J connectivity index is 1.79. The molecule has 384 valence electrons. The fourth-order valence-corrected chi connectivity index (χ4v) is 7.84. The van der Waals surface area contributed by atoms with E-state index >= 15 is 9.59 Å². The molecule has 0 atom stereocenters. The number of methoxy groups -OCH3 is 6. The number of ether oxygens (including phenoxy) is 7. The van der Waals surface area contributed by atoms with Crippen LogP contribution in [0.15, 0.2) is 97.1 Å². The molecule has 0 saturated heterocycles. The average Bonchev–Trinajstić information content (AvgIpc) is 3.34. The third-order valence-corrected chi connectivity index (χ3v) is 10.9. The van der Waals surface area contributed by atoms with E-state index in [1.165, 1.54) is 12.1 Å². The van der Waals surface area contributed by atoms with Gasteiger partial charge in [0.15, 0.2) is 34.6 Å². The van der Waals surface area contributed by atoms with Gasteiger partial charge in [0.1, 0.15) is 34.1 Å². The molecule has 0 aliphatic heterocycles. The van der Waals surface area contributed by atoms with E-state index in [1.54, 1.807) is 0 Å². The number of halogens is 12. The maximum absolute atomic E-state index is 15.2. The average molecular weight is 1040 g/mol. The lowest BCUT2D eigenvalue weighted by Crippen LogP contribution is -2.23. The quantitative estimate of drug-likeness (QED) is 0.0677. The minimum absolute atomic E-state index is 0.168. The molecule has 0 spiro atoms. The summed E-state index contributed by atoms with van der Waals surface area (Å²) in [5.41, 5.74) is -18.7. The van der Waals surface area contributed by atoms with Crippen LogP contribution in [-0.4, -0.2) is 65.8 Å². The molecule has 0 heterocycles. The third-order valence-electron chi connectivity index (χ3n) is 10.9. The Morgan fingerprint density at radius 1 is 0.301 bits per heavy atom. The van der Waals surface area contributed by atoms with Gasteiger partial charge in [-0.05, 0) is 60.7 Å². The summed E-state index contributed by atoms with van der Waals surface area (Å²) in [6.45, 7) is 0. The summed E-state index contributed by atoms with van der Waals surface area (Å²) in [5, 5.41) is 0. The van der Waals surface area contributed by atoms with Crippen LogP contribution in [0.5, 0.6) is 46.0 Å². The molecular weight excluding hydrogens is 1000 g/mol. The molecule has 0 radical (unpaired) electrons. The fourth-order valence-electron chi connectivity index (χ4n) is 7.84. The number of rotatable bonds is 16. The van der Waals surface area contributed by atoms with Crippen LogP contribution in [0.1, 0.15) is 85.9 Å². The van der Waals surface area contributed by atoms with Gasteiger partial charge in [-0.1, -0.05) is 36.4 Å². The molecule has 0 fully saturated rings. The number of ketones is 4. The van der Waals surface area contributed by atoms with Gasteiger partial charge >= 0.3 is 24.7 Å². The van der Waals surface area contributed by atoms with Crippen LogP contribution in [0, 0.1) is 0 Å². The van der Waals surface area contributed by atoms with Crippen LogP contribution in [0.4, 0.5) is 52.7 Å². The molecular formula is C50H34F12O11. The summed E-state index contributed by atoms with van der Waals surface area (Å²) in [5.74, 6) is -11.5. The van der Waals surface area contributed by atoms with Crippen LogP contribution in [0.3, 0.4) is 0 Å². The van der Waals surface area contributed by atoms with Crippen LogP contribution in [0.2, 0.25) is 0 Å². The first-order valence-corrected chi connectivity index (χ1v) is 20.5. The highest BCUT2D eigenvalue weighted by atomic mass is 19.4. The van der Waals surface area contributed by atoms with E-state index in [-0.39, 0.29) is 35.8 Å². The zero-order valence-electron chi connectivity index (χ0n) is 38.3. The molecule has 0 bridgehead atoms. The van der Waals surface area contributed by atoms with E-state index in [1.807, 2.05) is 0 Å². The van der Waals surface area contributed by atoms with E-state index in [0.717, 1.165) is 79.1 Å². The van der Waals surface area contributed by atoms with Gasteiger partial charge in [0.2, 0.25) is 11.6 Å². The number of hydrogen-bond acceptors (Lipinski definition) is 11. The number of carbonyl (C=O) groups is 4. The summed E-state index contributed by atoms with van der Waals surface area (Å²) in [6, 6.07) is 10.6. The molecule has 6 rings (SSSR count). The lowest BCUT2D eigenvalue weighted by atomic mass is 9.87. The molecule has 73 heavy (non-hydrogen) atoms. The molecule has 0 unspecified atom stereocenters. The van der Waals surface area contributed by atoms with Gasteiger partial charge in [0, 0.05) is 22.3 Å². The zero-order valence-corrected chi connectivity index (χ0v) is 38.3. The van der Waals surface area contributed by atoms with Gasteiger partial charge in [-0.3, -0.25) is 19.2 Å². The van der Waals surface area contributed by atoms with Crippen LogP contribution < -0.4 is 33.2 Å². The number of benzene rings is 6. The van der Waals surface area contributed by atoms with Crippen molar-refractivity contribution in [3.05, 3.63) is 164 Å². The maximum atomic E-state index is 15.2. The van der Waals surface area contributed by atoms with E-state index in [0.29, 0.717) is 24.3 Å². The topological polar surface area (TPSA) is 133 Å². The van der Waals surface area contributed by atoms with Crippen molar-refractivity contribution in [1.29, 1.82) is 0 Å². The largest absolute Gasteiger partial charge is 0.496 e. The fraction of sp³-hybridized carbons (Fsp3) is 0.200. The zero-order chi connectivity index (χ0) is 54.1. The van der Waals surface area contributed by atoms with Crippen LogP contribution in [0.25, 0.3) is 0 Å². The first-order chi connectivity index (χ1) is 34.2. The molecule has 11 nitrogen and oxygen atoms in total. The van der Waals surface area contributed by atoms with Gasteiger partial charge in [0.05, 0.1) is 76.0 Å². The molecule has 6 aromatic rings. The Kier molecular flexibility index (Phi) is 15.2. The molecule has 0 amide bonds. The second kappa shape index (κ2) is 20.5. The lowest BCUT2D eigenvalue weighted by molar-refractivity contribution is -0.145. The molecule has 0 N–H and O–H groups in total. The van der Waals surface area contributed by atoms with Crippen molar-refractivity contribution in [2.45, 2.75) is 24.7 Å². The van der Waals surface area contributed by atoms with Crippen molar-refractivity contribution in [1.82, 2.24) is 0 Å². The summed E-state index contributed by atoms with van der Waals surface area (Å²) < 4.78 is 214. The minimum atomic E-state index is -5.65. The molecule has 0 saturated carbocycles. The maximum Gasteiger partial charge on any atom is 0.417 e. The van der Waals surface area contributed by atoms with Crippen molar-refractivity contribution in [3.63, 3.8) is 0 Å². The first kappa shape index (κ1) is 54.1.